The molecule has 1 fully saturated rings. The highest BCUT2D eigenvalue weighted by atomic mass is 16.1. The van der Waals surface area contributed by atoms with E-state index in [1.165, 1.54) is 38.5 Å². The van der Waals surface area contributed by atoms with E-state index in [0.717, 1.165) is 12.1 Å². The van der Waals surface area contributed by atoms with Crippen LogP contribution in [0.25, 0.3) is 0 Å². The maximum absolute atomic E-state index is 12.1. The molecule has 1 aromatic heterocycles. The molecule has 1 amide bonds. The molecule has 1 aliphatic carbocycles. The molecule has 0 bridgehead atoms. The van der Waals surface area contributed by atoms with Crippen molar-refractivity contribution in [1.29, 1.82) is 0 Å². The highest BCUT2D eigenvalue weighted by Gasteiger charge is 2.14. The molecule has 2 N–H and O–H groups in total. The van der Waals surface area contributed by atoms with Gasteiger partial charge in [0.25, 0.3) is 5.91 Å². The molecule has 116 valence electrons. The Balaban J connectivity index is 1.98. The van der Waals surface area contributed by atoms with Crippen LogP contribution >= 0.6 is 0 Å². The van der Waals surface area contributed by atoms with Crippen LogP contribution in [0, 0.1) is 0 Å². The Labute approximate surface area is 127 Å². The van der Waals surface area contributed by atoms with Gasteiger partial charge in [0.15, 0.2) is 0 Å². The first kappa shape index (κ1) is 15.8. The van der Waals surface area contributed by atoms with Gasteiger partial charge in [-0.15, -0.1) is 0 Å². The van der Waals surface area contributed by atoms with Crippen molar-refractivity contribution in [2.24, 2.45) is 0 Å². The minimum Gasteiger partial charge on any atom is -0.382 e. The number of amides is 1. The fraction of sp³-hybridized carbons (Fsp3) is 0.647. The molecule has 4 nitrogen and oxygen atoms in total. The molecule has 1 aliphatic rings. The summed E-state index contributed by atoms with van der Waals surface area (Å²) in [5.41, 5.74) is 1.50. The van der Waals surface area contributed by atoms with Crippen molar-refractivity contribution in [3.63, 3.8) is 0 Å². The lowest BCUT2D eigenvalue weighted by atomic mass is 10.1. The van der Waals surface area contributed by atoms with Gasteiger partial charge < -0.3 is 10.6 Å². The number of aromatic nitrogens is 1. The third kappa shape index (κ3) is 5.03. The number of nitrogens with zero attached hydrogens (tertiary/aromatic N) is 1. The zero-order valence-corrected chi connectivity index (χ0v) is 13.2. The summed E-state index contributed by atoms with van der Waals surface area (Å²) >= 11 is 0. The van der Waals surface area contributed by atoms with Crippen LogP contribution in [0.5, 0.6) is 0 Å². The van der Waals surface area contributed by atoms with E-state index < -0.39 is 0 Å². The second-order valence-corrected chi connectivity index (χ2v) is 6.05. The molecule has 4 heteroatoms. The van der Waals surface area contributed by atoms with Gasteiger partial charge in [-0.2, -0.15) is 0 Å². The Morgan fingerprint density at radius 1 is 1.33 bits per heavy atom. The van der Waals surface area contributed by atoms with Crippen LogP contribution in [0.2, 0.25) is 0 Å². The highest BCUT2D eigenvalue weighted by molar-refractivity contribution is 5.93. The highest BCUT2D eigenvalue weighted by Crippen LogP contribution is 2.21. The number of hydrogen-bond acceptors (Lipinski definition) is 3. The number of pyridine rings is 1. The summed E-state index contributed by atoms with van der Waals surface area (Å²) in [6, 6.07) is 4.52. The molecule has 0 spiro atoms. The van der Waals surface area contributed by atoms with Gasteiger partial charge in [-0.05, 0) is 38.3 Å². The average Bonchev–Trinajstić information content (AvgIpc) is 2.76. The fourth-order valence-electron chi connectivity index (χ4n) is 2.70. The van der Waals surface area contributed by atoms with E-state index >= 15 is 0 Å². The zero-order valence-electron chi connectivity index (χ0n) is 13.2. The molecule has 1 saturated carbocycles. The van der Waals surface area contributed by atoms with E-state index in [2.05, 4.69) is 22.5 Å². The molecule has 1 aromatic rings. The predicted molar refractivity (Wildman–Crippen MR) is 86.6 cm³/mol. The Kier molecular flexibility index (Phi) is 6.03. The van der Waals surface area contributed by atoms with Gasteiger partial charge in [0.05, 0.1) is 0 Å². The Hall–Kier alpha value is -1.58. The summed E-state index contributed by atoms with van der Waals surface area (Å²) in [6.07, 6.45) is 10.4. The quantitative estimate of drug-likeness (QED) is 0.812. The van der Waals surface area contributed by atoms with Crippen LogP contribution in [-0.4, -0.2) is 23.0 Å². The van der Waals surface area contributed by atoms with Crippen molar-refractivity contribution >= 4 is 11.6 Å². The SMILES string of the molecule is CCC(C)NC(=O)c1cc(NC2CCCCCC2)ccn1. The van der Waals surface area contributed by atoms with E-state index in [9.17, 15) is 4.79 Å². The van der Waals surface area contributed by atoms with Crippen LogP contribution < -0.4 is 10.6 Å². The molecule has 0 aliphatic heterocycles. The molecule has 21 heavy (non-hydrogen) atoms. The lowest BCUT2D eigenvalue weighted by molar-refractivity contribution is 0.0934. The average molecular weight is 289 g/mol. The number of nitrogens with one attached hydrogen (secondary N) is 2. The maximum atomic E-state index is 12.1. The number of carbonyl (C=O) groups excluding carboxylic acids is 1. The molecule has 0 radical (unpaired) electrons. The standard InChI is InChI=1S/C17H27N3O/c1-3-13(2)19-17(21)16-12-15(10-11-18-16)20-14-8-6-4-5-7-9-14/h10-14H,3-9H2,1-2H3,(H,18,20)(H,19,21). The molecule has 1 unspecified atom stereocenters. The number of hydrogen-bond donors (Lipinski definition) is 2. The lowest BCUT2D eigenvalue weighted by Crippen LogP contribution is -2.32. The summed E-state index contributed by atoms with van der Waals surface area (Å²) in [6.45, 7) is 4.06. The van der Waals surface area contributed by atoms with Crippen LogP contribution in [0.4, 0.5) is 5.69 Å². The van der Waals surface area contributed by atoms with Crippen molar-refractivity contribution < 1.29 is 4.79 Å². The van der Waals surface area contributed by atoms with Crippen LogP contribution in [-0.2, 0) is 0 Å². The molecular formula is C17H27N3O. The van der Waals surface area contributed by atoms with Crippen molar-refractivity contribution in [1.82, 2.24) is 10.3 Å². The number of rotatable bonds is 5. The van der Waals surface area contributed by atoms with E-state index in [4.69, 9.17) is 0 Å². The molecular weight excluding hydrogens is 262 g/mol. The Morgan fingerprint density at radius 3 is 2.71 bits per heavy atom. The van der Waals surface area contributed by atoms with Crippen LogP contribution in [0.15, 0.2) is 18.3 Å². The smallest absolute Gasteiger partial charge is 0.270 e. The Bertz CT molecular complexity index is 453. The zero-order chi connectivity index (χ0) is 15.1. The number of carbonyl (C=O) groups is 1. The summed E-state index contributed by atoms with van der Waals surface area (Å²) < 4.78 is 0. The second kappa shape index (κ2) is 8.01. The lowest BCUT2D eigenvalue weighted by Gasteiger charge is -2.18. The first-order valence-electron chi connectivity index (χ1n) is 8.22. The van der Waals surface area contributed by atoms with Crippen LogP contribution in [0.3, 0.4) is 0 Å². The monoisotopic (exact) mass is 289 g/mol. The molecule has 1 atom stereocenters. The van der Waals surface area contributed by atoms with E-state index in [1.807, 2.05) is 19.1 Å². The van der Waals surface area contributed by atoms with Gasteiger partial charge >= 0.3 is 0 Å². The Morgan fingerprint density at radius 2 is 2.05 bits per heavy atom. The molecule has 0 aromatic carbocycles. The maximum Gasteiger partial charge on any atom is 0.270 e. The third-order valence-electron chi connectivity index (χ3n) is 4.21. The van der Waals surface area contributed by atoms with E-state index in [1.54, 1.807) is 6.20 Å². The van der Waals surface area contributed by atoms with Gasteiger partial charge in [-0.1, -0.05) is 32.6 Å². The topological polar surface area (TPSA) is 54.0 Å². The first-order valence-corrected chi connectivity index (χ1v) is 8.22. The van der Waals surface area contributed by atoms with Gasteiger partial charge in [-0.25, -0.2) is 0 Å². The van der Waals surface area contributed by atoms with Crippen molar-refractivity contribution in [3.05, 3.63) is 24.0 Å². The van der Waals surface area contributed by atoms with Gasteiger partial charge in [0.2, 0.25) is 0 Å². The van der Waals surface area contributed by atoms with Gasteiger partial charge in [0, 0.05) is 24.0 Å². The van der Waals surface area contributed by atoms with E-state index in [-0.39, 0.29) is 11.9 Å². The number of anilines is 1. The largest absolute Gasteiger partial charge is 0.382 e. The summed E-state index contributed by atoms with van der Waals surface area (Å²) in [4.78, 5) is 16.3. The van der Waals surface area contributed by atoms with Gasteiger partial charge in [0.1, 0.15) is 5.69 Å². The van der Waals surface area contributed by atoms with Crippen molar-refractivity contribution in [2.75, 3.05) is 5.32 Å². The molecule has 1 heterocycles. The summed E-state index contributed by atoms with van der Waals surface area (Å²) in [5.74, 6) is -0.0890. The normalized spacial score (nSPS) is 17.8. The summed E-state index contributed by atoms with van der Waals surface area (Å²) in [7, 11) is 0. The minimum atomic E-state index is -0.0890. The first-order chi connectivity index (χ1) is 10.2. The third-order valence-corrected chi connectivity index (χ3v) is 4.21. The van der Waals surface area contributed by atoms with Crippen molar-refractivity contribution in [3.8, 4) is 0 Å². The van der Waals surface area contributed by atoms with Gasteiger partial charge in [-0.3, -0.25) is 9.78 Å². The predicted octanol–water partition coefficient (Wildman–Crippen LogP) is 3.74. The minimum absolute atomic E-state index is 0.0890. The molecule has 0 saturated heterocycles. The second-order valence-electron chi connectivity index (χ2n) is 6.05. The fourth-order valence-corrected chi connectivity index (χ4v) is 2.70. The van der Waals surface area contributed by atoms with Crippen LogP contribution in [0.1, 0.15) is 69.3 Å². The molecule has 2 rings (SSSR count). The summed E-state index contributed by atoms with van der Waals surface area (Å²) in [5, 5.41) is 6.52. The van der Waals surface area contributed by atoms with E-state index in [0.29, 0.717) is 11.7 Å². The van der Waals surface area contributed by atoms with Crippen molar-refractivity contribution in [2.45, 2.75) is 70.9 Å².